The predicted octanol–water partition coefficient (Wildman–Crippen LogP) is 18.9. The van der Waals surface area contributed by atoms with Crippen molar-refractivity contribution in [3.05, 3.63) is 97.2 Å². The van der Waals surface area contributed by atoms with Gasteiger partial charge >= 0.3 is 17.9 Å². The van der Waals surface area contributed by atoms with E-state index < -0.39 is 6.10 Å². The molecule has 1 unspecified atom stereocenters. The van der Waals surface area contributed by atoms with Crippen molar-refractivity contribution in [1.82, 2.24) is 0 Å². The molecule has 0 saturated carbocycles. The summed E-state index contributed by atoms with van der Waals surface area (Å²) in [6, 6.07) is 0. The smallest absolute Gasteiger partial charge is 0.306 e. The monoisotopic (exact) mass is 945 g/mol. The average Bonchev–Trinajstić information content (AvgIpc) is 3.34. The highest BCUT2D eigenvalue weighted by Gasteiger charge is 2.19. The van der Waals surface area contributed by atoms with Gasteiger partial charge in [-0.1, -0.05) is 240 Å². The molecule has 0 saturated heterocycles. The van der Waals surface area contributed by atoms with Gasteiger partial charge in [0.25, 0.3) is 0 Å². The summed E-state index contributed by atoms with van der Waals surface area (Å²) in [6.45, 7) is 6.38. The fraction of sp³-hybridized carbons (Fsp3) is 0.694. The zero-order chi connectivity index (χ0) is 49.3. The number of hydrogen-bond donors (Lipinski definition) is 0. The minimum atomic E-state index is -0.797. The number of carbonyl (C=O) groups is 3. The SMILES string of the molecule is CC/C=C\C/C=C\C/C=C\C/C=C\C/C=C\CCCCCCCC(=O)OCC(COC(=O)CCCCC/C=C\C/C=C\C/C=C\CC)OC(=O)CCCCCCCCCCCCCCCCCC. The molecule has 0 spiro atoms. The van der Waals surface area contributed by atoms with Crippen LogP contribution < -0.4 is 0 Å². The van der Waals surface area contributed by atoms with E-state index in [4.69, 9.17) is 14.2 Å². The lowest BCUT2D eigenvalue weighted by atomic mass is 10.0. The van der Waals surface area contributed by atoms with Crippen LogP contribution in [-0.4, -0.2) is 37.2 Å². The van der Waals surface area contributed by atoms with Gasteiger partial charge in [-0.2, -0.15) is 0 Å². The van der Waals surface area contributed by atoms with Crippen LogP contribution in [-0.2, 0) is 28.6 Å². The van der Waals surface area contributed by atoms with Crippen molar-refractivity contribution in [1.29, 1.82) is 0 Å². The van der Waals surface area contributed by atoms with E-state index in [1.54, 1.807) is 0 Å². The lowest BCUT2D eigenvalue weighted by molar-refractivity contribution is -0.167. The molecule has 0 aliphatic heterocycles. The quantitative estimate of drug-likeness (QED) is 0.0262. The second kappa shape index (κ2) is 55.9. The molecule has 0 rings (SSSR count). The van der Waals surface area contributed by atoms with Gasteiger partial charge in [0.15, 0.2) is 6.10 Å². The van der Waals surface area contributed by atoms with E-state index in [0.29, 0.717) is 19.3 Å². The minimum Gasteiger partial charge on any atom is -0.462 e. The molecule has 0 aliphatic rings. The first-order valence-electron chi connectivity index (χ1n) is 28.2. The molecule has 388 valence electrons. The molecule has 0 aliphatic carbocycles. The molecule has 0 aromatic heterocycles. The van der Waals surface area contributed by atoms with Gasteiger partial charge in [-0.25, -0.2) is 0 Å². The minimum absolute atomic E-state index is 0.0962. The van der Waals surface area contributed by atoms with Crippen LogP contribution >= 0.6 is 0 Å². The molecule has 0 N–H and O–H groups in total. The second-order valence-electron chi connectivity index (χ2n) is 18.4. The summed E-state index contributed by atoms with van der Waals surface area (Å²) in [6.07, 6.45) is 74.0. The number of esters is 3. The van der Waals surface area contributed by atoms with Gasteiger partial charge in [0.1, 0.15) is 13.2 Å². The molecule has 1 atom stereocenters. The predicted molar refractivity (Wildman–Crippen MR) is 293 cm³/mol. The Hall–Kier alpha value is -3.67. The number of carbonyl (C=O) groups excluding carboxylic acids is 3. The molecule has 0 amide bonds. The number of rotatable bonds is 50. The third-order valence-electron chi connectivity index (χ3n) is 11.8. The van der Waals surface area contributed by atoms with E-state index in [0.717, 1.165) is 135 Å². The Morgan fingerprint density at radius 3 is 0.912 bits per heavy atom. The first kappa shape index (κ1) is 64.3. The first-order valence-corrected chi connectivity index (χ1v) is 28.2. The molecular weight excluding hydrogens is 841 g/mol. The van der Waals surface area contributed by atoms with E-state index in [9.17, 15) is 14.4 Å². The van der Waals surface area contributed by atoms with Gasteiger partial charge in [-0.3, -0.25) is 14.4 Å². The average molecular weight is 946 g/mol. The van der Waals surface area contributed by atoms with Crippen LogP contribution in [0, 0.1) is 0 Å². The molecule has 68 heavy (non-hydrogen) atoms. The van der Waals surface area contributed by atoms with Gasteiger partial charge < -0.3 is 14.2 Å². The summed E-state index contributed by atoms with van der Waals surface area (Å²) in [5, 5.41) is 0. The van der Waals surface area contributed by atoms with E-state index in [1.807, 2.05) is 0 Å². The molecule has 0 heterocycles. The van der Waals surface area contributed by atoms with Gasteiger partial charge in [0.2, 0.25) is 0 Å². The highest BCUT2D eigenvalue weighted by atomic mass is 16.6. The summed E-state index contributed by atoms with van der Waals surface area (Å²) in [5.41, 5.74) is 0. The van der Waals surface area contributed by atoms with Crippen LogP contribution in [0.3, 0.4) is 0 Å². The maximum absolute atomic E-state index is 12.8. The number of hydrogen-bond acceptors (Lipinski definition) is 6. The molecule has 0 aromatic carbocycles. The van der Waals surface area contributed by atoms with Crippen LogP contribution in [0.4, 0.5) is 0 Å². The molecule has 0 radical (unpaired) electrons. The zero-order valence-corrected chi connectivity index (χ0v) is 44.3. The van der Waals surface area contributed by atoms with Crippen molar-refractivity contribution in [3.8, 4) is 0 Å². The number of allylic oxidation sites excluding steroid dienone is 16. The maximum Gasteiger partial charge on any atom is 0.306 e. The van der Waals surface area contributed by atoms with E-state index in [-0.39, 0.29) is 31.1 Å². The molecule has 6 nitrogen and oxygen atoms in total. The van der Waals surface area contributed by atoms with Crippen molar-refractivity contribution in [2.75, 3.05) is 13.2 Å². The van der Waals surface area contributed by atoms with Crippen molar-refractivity contribution < 1.29 is 28.6 Å². The standard InChI is InChI=1S/C62H104O6/c1-4-7-10-13-16-19-22-25-27-29-30-31-32-33-35-37-40-43-46-49-52-55-61(64)67-58-59(57-66-60(63)54-51-48-45-42-39-36-24-21-18-15-12-9-6-3)68-62(65)56-53-50-47-44-41-38-34-28-26-23-20-17-14-11-8-5-2/h7,9-10,12,16,18-19,21,25,27,30-31,33,35-36,39,59H,4-6,8,11,13-15,17,20,22-24,26,28-29,32,34,37-38,40-58H2,1-3H3/b10-7-,12-9-,19-16-,21-18-,27-25-,31-30-,35-33-,39-36-. The van der Waals surface area contributed by atoms with Crippen molar-refractivity contribution in [3.63, 3.8) is 0 Å². The Morgan fingerprint density at radius 1 is 0.309 bits per heavy atom. The fourth-order valence-electron chi connectivity index (χ4n) is 7.66. The van der Waals surface area contributed by atoms with Gasteiger partial charge in [0.05, 0.1) is 0 Å². The van der Waals surface area contributed by atoms with E-state index in [1.165, 1.54) is 83.5 Å². The first-order chi connectivity index (χ1) is 33.5. The summed E-state index contributed by atoms with van der Waals surface area (Å²) in [5.74, 6) is -0.939. The number of unbranched alkanes of at least 4 members (excludes halogenated alkanes) is 23. The topological polar surface area (TPSA) is 78.9 Å². The summed E-state index contributed by atoms with van der Waals surface area (Å²) in [7, 11) is 0. The molecule has 0 bridgehead atoms. The van der Waals surface area contributed by atoms with Crippen LogP contribution in [0.2, 0.25) is 0 Å². The Labute approximate surface area is 419 Å². The second-order valence-corrected chi connectivity index (χ2v) is 18.4. The maximum atomic E-state index is 12.8. The van der Waals surface area contributed by atoms with Gasteiger partial charge in [0, 0.05) is 19.3 Å². The summed E-state index contributed by atoms with van der Waals surface area (Å²) >= 11 is 0. The van der Waals surface area contributed by atoms with Crippen molar-refractivity contribution >= 4 is 17.9 Å². The Bertz CT molecular complexity index is 1360. The number of ether oxygens (including phenoxy) is 3. The fourth-order valence-corrected chi connectivity index (χ4v) is 7.66. The van der Waals surface area contributed by atoms with Gasteiger partial charge in [-0.15, -0.1) is 0 Å². The zero-order valence-electron chi connectivity index (χ0n) is 44.3. The third kappa shape index (κ3) is 53.3. The summed E-state index contributed by atoms with van der Waals surface area (Å²) < 4.78 is 16.8. The van der Waals surface area contributed by atoms with Crippen LogP contribution in [0.25, 0.3) is 0 Å². The normalized spacial score (nSPS) is 12.8. The van der Waals surface area contributed by atoms with Crippen LogP contribution in [0.5, 0.6) is 0 Å². The van der Waals surface area contributed by atoms with E-state index >= 15 is 0 Å². The highest BCUT2D eigenvalue weighted by Crippen LogP contribution is 2.15. The van der Waals surface area contributed by atoms with Crippen molar-refractivity contribution in [2.24, 2.45) is 0 Å². The molecule has 6 heteroatoms. The Morgan fingerprint density at radius 2 is 0.574 bits per heavy atom. The molecule has 0 aromatic rings. The Kier molecular flexibility index (Phi) is 52.9. The lowest BCUT2D eigenvalue weighted by Gasteiger charge is -2.18. The highest BCUT2D eigenvalue weighted by molar-refractivity contribution is 5.71. The lowest BCUT2D eigenvalue weighted by Crippen LogP contribution is -2.30. The molecule has 0 fully saturated rings. The van der Waals surface area contributed by atoms with E-state index in [2.05, 4.69) is 118 Å². The van der Waals surface area contributed by atoms with Crippen molar-refractivity contribution in [2.45, 2.75) is 264 Å². The largest absolute Gasteiger partial charge is 0.462 e. The molecular formula is C62H104O6. The Balaban J connectivity index is 4.42. The van der Waals surface area contributed by atoms with Crippen LogP contribution in [0.15, 0.2) is 97.2 Å². The summed E-state index contributed by atoms with van der Waals surface area (Å²) in [4.78, 5) is 38.1. The van der Waals surface area contributed by atoms with Crippen LogP contribution in [0.1, 0.15) is 258 Å². The van der Waals surface area contributed by atoms with Gasteiger partial charge in [-0.05, 0) is 96.3 Å². The third-order valence-corrected chi connectivity index (χ3v) is 11.8.